The fourth-order valence-electron chi connectivity index (χ4n) is 3.57. The molecule has 0 radical (unpaired) electrons. The van der Waals surface area contributed by atoms with Crippen molar-refractivity contribution >= 4 is 40.8 Å². The molecule has 1 aromatic heterocycles. The molecule has 0 spiro atoms. The number of Topliss-reactive ketones (excluding diaryl/α,β-unsaturated/α-hetero) is 1. The van der Waals surface area contributed by atoms with Crippen LogP contribution in [0.25, 0.3) is 0 Å². The lowest BCUT2D eigenvalue weighted by Gasteiger charge is -2.14. The highest BCUT2D eigenvalue weighted by molar-refractivity contribution is 7.99. The molecule has 1 heterocycles. The number of ketones is 1. The molecule has 0 atom stereocenters. The number of aryl methyl sites for hydroxylation is 2. The molecule has 2 aliphatic carbocycles. The van der Waals surface area contributed by atoms with E-state index in [2.05, 4.69) is 16.4 Å². The van der Waals surface area contributed by atoms with Gasteiger partial charge in [0, 0.05) is 12.6 Å². The molecule has 0 saturated heterocycles. The number of rotatable bonds is 3. The lowest BCUT2D eigenvalue weighted by Crippen LogP contribution is -2.21. The Labute approximate surface area is 160 Å². The number of anilines is 1. The van der Waals surface area contributed by atoms with Crippen LogP contribution in [-0.2, 0) is 25.7 Å². The van der Waals surface area contributed by atoms with E-state index in [9.17, 15) is 9.59 Å². The van der Waals surface area contributed by atoms with Crippen LogP contribution < -0.4 is 16.2 Å². The number of fused-ring (bicyclic) bond motifs is 2. The molecular weight excluding hydrogens is 368 g/mol. The topological polar surface area (TPSA) is 111 Å². The SMILES string of the molecule is CC(=O)c1ncc(SN)s1.NC(=O)Nc1c2c(cc3c1CCC3)CCC2. The highest BCUT2D eigenvalue weighted by atomic mass is 32.2. The van der Waals surface area contributed by atoms with E-state index < -0.39 is 6.03 Å². The first-order valence-corrected chi connectivity index (χ1v) is 10.3. The molecule has 1 aromatic carbocycles. The van der Waals surface area contributed by atoms with Crippen molar-refractivity contribution in [3.63, 3.8) is 0 Å². The van der Waals surface area contributed by atoms with Gasteiger partial charge in [0.25, 0.3) is 0 Å². The van der Waals surface area contributed by atoms with Crippen LogP contribution in [0.2, 0.25) is 0 Å². The van der Waals surface area contributed by atoms with Crippen LogP contribution in [0.4, 0.5) is 10.5 Å². The van der Waals surface area contributed by atoms with Crippen LogP contribution in [0.1, 0.15) is 51.8 Å². The van der Waals surface area contributed by atoms with Crippen molar-refractivity contribution in [2.45, 2.75) is 49.7 Å². The van der Waals surface area contributed by atoms with Crippen LogP contribution in [0, 0.1) is 0 Å². The minimum Gasteiger partial charge on any atom is -0.351 e. The fraction of sp³-hybridized carbons (Fsp3) is 0.389. The molecule has 26 heavy (non-hydrogen) atoms. The molecule has 6 nitrogen and oxygen atoms in total. The number of thiazole rings is 1. The zero-order valence-electron chi connectivity index (χ0n) is 14.6. The third kappa shape index (κ3) is 4.08. The summed E-state index contributed by atoms with van der Waals surface area (Å²) in [6.07, 6.45) is 8.46. The van der Waals surface area contributed by atoms with Crippen LogP contribution in [0.5, 0.6) is 0 Å². The van der Waals surface area contributed by atoms with Crippen molar-refractivity contribution in [2.75, 3.05) is 5.32 Å². The van der Waals surface area contributed by atoms with Gasteiger partial charge in [-0.2, -0.15) is 0 Å². The number of nitrogens with two attached hydrogens (primary N) is 2. The molecule has 0 bridgehead atoms. The van der Waals surface area contributed by atoms with E-state index in [1.807, 2.05) is 0 Å². The predicted molar refractivity (Wildman–Crippen MR) is 106 cm³/mol. The molecule has 0 saturated carbocycles. The summed E-state index contributed by atoms with van der Waals surface area (Å²) in [6, 6.07) is 1.91. The molecule has 138 valence electrons. The van der Waals surface area contributed by atoms with Crippen molar-refractivity contribution in [3.8, 4) is 0 Å². The Morgan fingerprint density at radius 2 is 1.77 bits per heavy atom. The summed E-state index contributed by atoms with van der Waals surface area (Å²) in [7, 11) is 0. The van der Waals surface area contributed by atoms with Gasteiger partial charge in [0.2, 0.25) is 0 Å². The summed E-state index contributed by atoms with van der Waals surface area (Å²) >= 11 is 2.43. The molecular formula is C18H22N4O2S2. The summed E-state index contributed by atoms with van der Waals surface area (Å²) in [5.74, 6) is -0.00898. The highest BCUT2D eigenvalue weighted by Crippen LogP contribution is 2.38. The molecule has 5 N–H and O–H groups in total. The molecule has 0 unspecified atom stereocenters. The minimum atomic E-state index is -0.436. The number of carbonyl (C=O) groups is 2. The van der Waals surface area contributed by atoms with E-state index >= 15 is 0 Å². The molecule has 4 rings (SSSR count). The normalized spacial score (nSPS) is 14.2. The zero-order chi connectivity index (χ0) is 18.7. The Bertz CT molecular complexity index is 816. The van der Waals surface area contributed by atoms with E-state index in [0.29, 0.717) is 5.01 Å². The molecule has 0 aliphatic heterocycles. The van der Waals surface area contributed by atoms with E-state index in [1.54, 1.807) is 6.20 Å². The van der Waals surface area contributed by atoms with Gasteiger partial charge in [0.15, 0.2) is 10.8 Å². The Morgan fingerprint density at radius 3 is 2.19 bits per heavy atom. The summed E-state index contributed by atoms with van der Waals surface area (Å²) in [6.45, 7) is 1.49. The number of aromatic nitrogens is 1. The second kappa shape index (κ2) is 8.20. The van der Waals surface area contributed by atoms with Gasteiger partial charge in [0.1, 0.15) is 0 Å². The van der Waals surface area contributed by atoms with Crippen molar-refractivity contribution in [1.82, 2.24) is 4.98 Å². The van der Waals surface area contributed by atoms with Crippen LogP contribution in [0.3, 0.4) is 0 Å². The Balaban J connectivity index is 0.000000170. The number of carbonyl (C=O) groups excluding carboxylic acids is 2. The number of primary amides is 1. The van der Waals surface area contributed by atoms with Gasteiger partial charge >= 0.3 is 6.03 Å². The Morgan fingerprint density at radius 1 is 1.15 bits per heavy atom. The first kappa shape index (κ1) is 18.9. The third-order valence-corrected chi connectivity index (χ3v) is 6.39. The van der Waals surface area contributed by atoms with Crippen LogP contribution in [-0.4, -0.2) is 16.8 Å². The van der Waals surface area contributed by atoms with Gasteiger partial charge in [-0.3, -0.25) is 9.93 Å². The maximum atomic E-state index is 11.1. The molecule has 2 amide bonds. The summed E-state index contributed by atoms with van der Waals surface area (Å²) in [4.78, 5) is 25.6. The van der Waals surface area contributed by atoms with Crippen LogP contribution >= 0.6 is 23.3 Å². The monoisotopic (exact) mass is 390 g/mol. The third-order valence-electron chi connectivity index (χ3n) is 4.62. The second-order valence-corrected chi connectivity index (χ2v) is 8.35. The smallest absolute Gasteiger partial charge is 0.316 e. The van der Waals surface area contributed by atoms with Crippen LogP contribution in [0.15, 0.2) is 16.5 Å². The fourth-order valence-corrected chi connectivity index (χ4v) is 4.65. The molecule has 2 aromatic rings. The quantitative estimate of drug-likeness (QED) is 0.549. The largest absolute Gasteiger partial charge is 0.351 e. The van der Waals surface area contributed by atoms with E-state index in [1.165, 1.54) is 53.4 Å². The summed E-state index contributed by atoms with van der Waals surface area (Å²) in [5, 5.41) is 8.60. The average molecular weight is 391 g/mol. The molecule has 8 heteroatoms. The molecule has 2 aliphatic rings. The maximum absolute atomic E-state index is 11.1. The van der Waals surface area contributed by atoms with Gasteiger partial charge in [-0.25, -0.2) is 9.78 Å². The summed E-state index contributed by atoms with van der Waals surface area (Å²) < 4.78 is 0.866. The number of nitrogens with one attached hydrogen (secondary N) is 1. The van der Waals surface area contributed by atoms with Crippen molar-refractivity contribution < 1.29 is 9.59 Å². The average Bonchev–Trinajstić information content (AvgIpc) is 3.34. The van der Waals surface area contributed by atoms with Gasteiger partial charge in [-0.1, -0.05) is 6.07 Å². The van der Waals surface area contributed by atoms with E-state index in [4.69, 9.17) is 10.9 Å². The lowest BCUT2D eigenvalue weighted by atomic mass is 9.99. The predicted octanol–water partition coefficient (Wildman–Crippen LogP) is 3.47. The van der Waals surface area contributed by atoms with Gasteiger partial charge in [-0.15, -0.1) is 11.3 Å². The number of amides is 2. The number of hydrogen-bond donors (Lipinski definition) is 3. The number of urea groups is 1. The van der Waals surface area contributed by atoms with Crippen molar-refractivity contribution in [2.24, 2.45) is 10.9 Å². The maximum Gasteiger partial charge on any atom is 0.316 e. The standard InChI is InChI=1S/C13H16N2O.C5H6N2OS2/c14-13(16)15-12-10-5-1-3-8(10)7-9-4-2-6-11(9)12;1-3(8)5-7-2-4(9-5)10-6/h7H,1-6H2,(H3,14,15,16);2H,6H2,1H3. The Kier molecular flexibility index (Phi) is 5.95. The number of nitrogens with zero attached hydrogens (tertiary/aromatic N) is 1. The van der Waals surface area contributed by atoms with Crippen molar-refractivity contribution in [1.29, 1.82) is 0 Å². The minimum absolute atomic E-state index is 0.00898. The van der Waals surface area contributed by atoms with E-state index in [-0.39, 0.29) is 5.78 Å². The highest BCUT2D eigenvalue weighted by Gasteiger charge is 2.24. The van der Waals surface area contributed by atoms with E-state index in [0.717, 1.165) is 47.5 Å². The lowest BCUT2D eigenvalue weighted by molar-refractivity contribution is 0.101. The summed E-state index contributed by atoms with van der Waals surface area (Å²) in [5.41, 5.74) is 11.8. The van der Waals surface area contributed by atoms with Gasteiger partial charge in [0.05, 0.1) is 10.4 Å². The molecule has 0 fully saturated rings. The zero-order valence-corrected chi connectivity index (χ0v) is 16.3. The van der Waals surface area contributed by atoms with Gasteiger partial charge in [-0.05, 0) is 72.7 Å². The number of benzene rings is 1. The van der Waals surface area contributed by atoms with Crippen molar-refractivity contribution in [3.05, 3.63) is 39.5 Å². The Hall–Kier alpha value is -1.90. The number of hydrogen-bond acceptors (Lipinski definition) is 6. The first-order valence-electron chi connectivity index (χ1n) is 8.56. The second-order valence-electron chi connectivity index (χ2n) is 6.38. The first-order chi connectivity index (χ1) is 12.5. The van der Waals surface area contributed by atoms with Gasteiger partial charge < -0.3 is 11.1 Å².